The van der Waals surface area contributed by atoms with Gasteiger partial charge in [-0.25, -0.2) is 4.79 Å². The number of carbonyl (C=O) groups excluding carboxylic acids is 3. The molecule has 0 atom stereocenters. The fourth-order valence-corrected chi connectivity index (χ4v) is 0.479. The molecule has 0 heterocycles. The Morgan fingerprint density at radius 2 is 0.895 bits per heavy atom. The average Bonchev–Trinajstić information content (AvgIpc) is 1.96. The molecule has 2 N–H and O–H groups in total. The Morgan fingerprint density at radius 3 is 1.00 bits per heavy atom. The molecule has 0 saturated carbocycles. The minimum absolute atomic E-state index is 0. The van der Waals surface area contributed by atoms with E-state index < -0.39 is 31.4 Å². The zero-order valence-corrected chi connectivity index (χ0v) is 9.33. The molecule has 0 saturated heterocycles. The predicted octanol–water partition coefficient (Wildman–Crippen LogP) is -1.41. The van der Waals surface area contributed by atoms with Gasteiger partial charge in [-0.3, -0.25) is 14.4 Å². The summed E-state index contributed by atoms with van der Waals surface area (Å²) in [6, 6.07) is 0. The van der Waals surface area contributed by atoms with Crippen molar-refractivity contribution in [1.29, 1.82) is 0 Å². The molecule has 0 aromatic rings. The third-order valence-corrected chi connectivity index (χ3v) is 0.787. The van der Waals surface area contributed by atoms with Crippen molar-refractivity contribution in [2.45, 2.75) is 20.8 Å². The number of carboxylic acid groups (broad SMARTS) is 2. The van der Waals surface area contributed by atoms with Crippen LogP contribution in [-0.2, 0) is 28.3 Å². The van der Waals surface area contributed by atoms with Gasteiger partial charge in [0.05, 0.1) is 0 Å². The van der Waals surface area contributed by atoms with Gasteiger partial charge in [0.25, 0.3) is 17.9 Å². The van der Waals surface area contributed by atoms with Gasteiger partial charge in [-0.2, -0.15) is 0 Å². The van der Waals surface area contributed by atoms with Gasteiger partial charge in [0.2, 0.25) is 0 Å². The van der Waals surface area contributed by atoms with Gasteiger partial charge in [0.15, 0.2) is 0 Å². The van der Waals surface area contributed by atoms with Gasteiger partial charge in [-0.05, 0) is 0 Å². The van der Waals surface area contributed by atoms with Gasteiger partial charge < -0.3 is 24.2 Å². The molecular formula is C7H13BNa2O9. The van der Waals surface area contributed by atoms with E-state index in [-0.39, 0.29) is 59.1 Å². The molecule has 0 bridgehead atoms. The van der Waals surface area contributed by atoms with Crippen LogP contribution in [0.15, 0.2) is 0 Å². The first kappa shape index (κ1) is 27.1. The summed E-state index contributed by atoms with van der Waals surface area (Å²) >= 11 is 0. The molecule has 0 aliphatic heterocycles. The van der Waals surface area contributed by atoms with Crippen molar-refractivity contribution in [3.05, 3.63) is 0 Å². The summed E-state index contributed by atoms with van der Waals surface area (Å²) in [6.45, 7) is 3.29. The van der Waals surface area contributed by atoms with E-state index in [1.54, 1.807) is 0 Å². The van der Waals surface area contributed by atoms with Crippen LogP contribution < -0.4 is 0 Å². The second-order valence-electron chi connectivity index (χ2n) is 2.40. The van der Waals surface area contributed by atoms with Gasteiger partial charge in [0.1, 0.15) is 0 Å². The van der Waals surface area contributed by atoms with Crippen LogP contribution in [0, 0.1) is 0 Å². The molecule has 0 radical (unpaired) electrons. The first-order valence-electron chi connectivity index (χ1n) is 4.08. The Hall–Kier alpha value is -0.255. The Morgan fingerprint density at radius 1 is 0.737 bits per heavy atom. The first-order valence-corrected chi connectivity index (χ1v) is 4.08. The van der Waals surface area contributed by atoms with Crippen LogP contribution in [0.4, 0.5) is 4.79 Å². The van der Waals surface area contributed by atoms with Crippen LogP contribution in [0.5, 0.6) is 0 Å². The van der Waals surface area contributed by atoms with Gasteiger partial charge in [0, 0.05) is 20.8 Å². The van der Waals surface area contributed by atoms with Crippen molar-refractivity contribution in [1.82, 2.24) is 0 Å². The van der Waals surface area contributed by atoms with E-state index in [9.17, 15) is 14.4 Å². The normalized spacial score (nSPS) is 7.11. The summed E-state index contributed by atoms with van der Waals surface area (Å²) in [5.41, 5.74) is 0. The van der Waals surface area contributed by atoms with E-state index in [4.69, 9.17) is 15.0 Å². The zero-order chi connectivity index (χ0) is 14.0. The molecule has 12 heteroatoms. The molecule has 0 rings (SSSR count). The van der Waals surface area contributed by atoms with Crippen LogP contribution in [0.1, 0.15) is 20.8 Å². The Labute approximate surface area is 153 Å². The van der Waals surface area contributed by atoms with Crippen LogP contribution >= 0.6 is 0 Å². The molecule has 0 amide bonds. The number of rotatable bonds is 3. The second-order valence-corrected chi connectivity index (χ2v) is 2.40. The van der Waals surface area contributed by atoms with E-state index in [0.29, 0.717) is 0 Å². The summed E-state index contributed by atoms with van der Waals surface area (Å²) in [5, 5.41) is 13.9. The summed E-state index contributed by atoms with van der Waals surface area (Å²) in [4.78, 5) is 39.8. The zero-order valence-electron chi connectivity index (χ0n) is 9.33. The Kier molecular flexibility index (Phi) is 22.6. The van der Waals surface area contributed by atoms with E-state index in [1.807, 2.05) is 0 Å². The van der Waals surface area contributed by atoms with E-state index in [0.717, 1.165) is 20.8 Å². The van der Waals surface area contributed by atoms with Crippen molar-refractivity contribution in [3.8, 4) is 0 Å². The fourth-order valence-electron chi connectivity index (χ4n) is 0.479. The summed E-state index contributed by atoms with van der Waals surface area (Å²) < 4.78 is 13.0. The van der Waals surface area contributed by atoms with Crippen molar-refractivity contribution >= 4 is 90.5 Å². The maximum atomic E-state index is 10.4. The molecule has 0 unspecified atom stereocenters. The third kappa shape index (κ3) is 31.9. The van der Waals surface area contributed by atoms with Crippen molar-refractivity contribution in [3.63, 3.8) is 0 Å². The summed E-state index contributed by atoms with van der Waals surface area (Å²) in [5.74, 6) is -2.15. The molecule has 0 aromatic heterocycles. The topological polar surface area (TPSA) is 136 Å². The number of hydrogen-bond donors (Lipinski definition) is 2. The van der Waals surface area contributed by atoms with E-state index >= 15 is 0 Å². The third-order valence-electron chi connectivity index (χ3n) is 0.787. The summed E-state index contributed by atoms with van der Waals surface area (Å²) in [6.07, 6.45) is -1.83. The SMILES string of the molecule is CC(=O)OB(OC(C)=O)OC(C)=O.O=C(O)O.[NaH].[NaH]. The van der Waals surface area contributed by atoms with Crippen molar-refractivity contribution in [2.75, 3.05) is 0 Å². The molecule has 0 fully saturated rings. The van der Waals surface area contributed by atoms with Crippen molar-refractivity contribution in [2.24, 2.45) is 0 Å². The van der Waals surface area contributed by atoms with Gasteiger partial charge >= 0.3 is 72.6 Å². The van der Waals surface area contributed by atoms with E-state index in [2.05, 4.69) is 14.0 Å². The molecule has 0 aromatic carbocycles. The molecular weight excluding hydrogens is 285 g/mol. The standard InChI is InChI=1S/C6H9BO6.CH2O3.2Na.2H/c1-4(8)11-7(12-5(2)9)13-6(3)10;2-1(3)4;;;;/h1-3H3;(H2,2,3,4);;;;. The monoisotopic (exact) mass is 298 g/mol. The predicted molar refractivity (Wildman–Crippen MR) is 66.0 cm³/mol. The first-order chi connectivity index (χ1) is 7.65. The number of carbonyl (C=O) groups is 4. The average molecular weight is 298 g/mol. The minimum atomic E-state index is -1.83. The molecule has 0 aliphatic rings. The summed E-state index contributed by atoms with van der Waals surface area (Å²) in [7, 11) is -1.59. The van der Waals surface area contributed by atoms with Crippen LogP contribution in [0.25, 0.3) is 0 Å². The molecule has 0 aliphatic carbocycles. The Balaban J connectivity index is -0.000000165. The van der Waals surface area contributed by atoms with Crippen LogP contribution in [0.2, 0.25) is 0 Å². The van der Waals surface area contributed by atoms with Crippen molar-refractivity contribution < 1.29 is 43.4 Å². The molecule has 100 valence electrons. The van der Waals surface area contributed by atoms with Crippen LogP contribution in [0.3, 0.4) is 0 Å². The molecule has 19 heavy (non-hydrogen) atoms. The maximum absolute atomic E-state index is 10.4. The van der Waals surface area contributed by atoms with Gasteiger partial charge in [-0.15, -0.1) is 0 Å². The van der Waals surface area contributed by atoms with Crippen LogP contribution in [-0.4, -0.2) is 101 Å². The van der Waals surface area contributed by atoms with Gasteiger partial charge in [-0.1, -0.05) is 0 Å². The Bertz CT molecular complexity index is 267. The fraction of sp³-hybridized carbons (Fsp3) is 0.429. The second kappa shape index (κ2) is 15.8. The quantitative estimate of drug-likeness (QED) is 0.601. The molecule has 9 nitrogen and oxygen atoms in total. The number of hydrogen-bond acceptors (Lipinski definition) is 7. The molecule has 0 spiro atoms. The van der Waals surface area contributed by atoms with E-state index in [1.165, 1.54) is 0 Å².